The molecule has 20 heavy (non-hydrogen) atoms. The quantitative estimate of drug-likeness (QED) is 0.739. The second-order valence-electron chi connectivity index (χ2n) is 5.01. The van der Waals surface area contributed by atoms with E-state index < -0.39 is 0 Å². The number of rotatable bonds is 2. The molecule has 6 heteroatoms. The first kappa shape index (κ1) is 12.1. The van der Waals surface area contributed by atoms with Crippen LogP contribution in [0.3, 0.4) is 0 Å². The Balaban J connectivity index is 1.97. The lowest BCUT2D eigenvalue weighted by molar-refractivity contribution is 0.561. The van der Waals surface area contributed by atoms with Gasteiger partial charge >= 0.3 is 0 Å². The van der Waals surface area contributed by atoms with Crippen molar-refractivity contribution < 1.29 is 4.42 Å². The molecule has 0 unspecified atom stereocenters. The van der Waals surface area contributed by atoms with Gasteiger partial charge in [0.15, 0.2) is 4.77 Å². The Morgan fingerprint density at radius 2 is 2.35 bits per heavy atom. The number of aromatic amines is 1. The van der Waals surface area contributed by atoms with Gasteiger partial charge in [-0.25, -0.2) is 0 Å². The van der Waals surface area contributed by atoms with Gasteiger partial charge in [-0.3, -0.25) is 9.36 Å². The highest BCUT2D eigenvalue weighted by Crippen LogP contribution is 2.34. The molecule has 0 amide bonds. The molecule has 0 atom stereocenters. The third-order valence-corrected chi connectivity index (χ3v) is 5.30. The maximum Gasteiger partial charge on any atom is 0.263 e. The van der Waals surface area contributed by atoms with Gasteiger partial charge in [0.25, 0.3) is 5.56 Å². The fraction of sp³-hybridized carbons (Fsp3) is 0.286. The van der Waals surface area contributed by atoms with Gasteiger partial charge in [0, 0.05) is 10.4 Å². The third kappa shape index (κ3) is 1.72. The first-order valence-electron chi connectivity index (χ1n) is 6.52. The van der Waals surface area contributed by atoms with E-state index in [4.69, 9.17) is 16.6 Å². The predicted octanol–water partition coefficient (Wildman–Crippen LogP) is 3.25. The minimum atomic E-state index is 0.0179. The van der Waals surface area contributed by atoms with Crippen molar-refractivity contribution >= 4 is 33.8 Å². The van der Waals surface area contributed by atoms with Crippen LogP contribution in [-0.4, -0.2) is 9.55 Å². The van der Waals surface area contributed by atoms with Crippen molar-refractivity contribution in [2.24, 2.45) is 0 Å². The lowest BCUT2D eigenvalue weighted by atomic mass is 10.2. The fourth-order valence-electron chi connectivity index (χ4n) is 2.82. The van der Waals surface area contributed by atoms with Crippen molar-refractivity contribution in [3.05, 3.63) is 49.7 Å². The Bertz CT molecular complexity index is 900. The molecule has 0 aromatic carbocycles. The van der Waals surface area contributed by atoms with E-state index in [1.807, 2.05) is 6.07 Å². The van der Waals surface area contributed by atoms with Crippen molar-refractivity contribution in [1.29, 1.82) is 0 Å². The largest absolute Gasteiger partial charge is 0.472 e. The minimum absolute atomic E-state index is 0.0179. The molecule has 0 saturated heterocycles. The molecule has 1 aliphatic rings. The summed E-state index contributed by atoms with van der Waals surface area (Å²) in [6, 6.07) is 1.85. The van der Waals surface area contributed by atoms with Crippen LogP contribution in [0.5, 0.6) is 0 Å². The zero-order chi connectivity index (χ0) is 13.7. The highest BCUT2D eigenvalue weighted by atomic mass is 32.1. The van der Waals surface area contributed by atoms with E-state index in [9.17, 15) is 4.79 Å². The molecule has 0 bridgehead atoms. The molecule has 0 saturated carbocycles. The molecule has 3 aromatic rings. The second-order valence-corrected chi connectivity index (χ2v) is 6.51. The molecule has 0 radical (unpaired) electrons. The maximum absolute atomic E-state index is 12.7. The van der Waals surface area contributed by atoms with Gasteiger partial charge in [-0.1, -0.05) is 0 Å². The molecule has 3 aromatic heterocycles. The highest BCUT2D eigenvalue weighted by molar-refractivity contribution is 7.71. The zero-order valence-corrected chi connectivity index (χ0v) is 12.3. The number of aryl methyl sites for hydroxylation is 2. The van der Waals surface area contributed by atoms with Gasteiger partial charge in [0.2, 0.25) is 0 Å². The van der Waals surface area contributed by atoms with Crippen LogP contribution in [-0.2, 0) is 19.4 Å². The van der Waals surface area contributed by atoms with Crippen LogP contribution in [0.2, 0.25) is 0 Å². The van der Waals surface area contributed by atoms with Crippen LogP contribution in [0.1, 0.15) is 22.4 Å². The van der Waals surface area contributed by atoms with Gasteiger partial charge < -0.3 is 9.40 Å². The fourth-order valence-corrected chi connectivity index (χ4v) is 4.41. The molecule has 0 fully saturated rings. The third-order valence-electron chi connectivity index (χ3n) is 3.77. The maximum atomic E-state index is 12.7. The Morgan fingerprint density at radius 3 is 3.15 bits per heavy atom. The molecule has 1 aliphatic carbocycles. The Labute approximate surface area is 123 Å². The van der Waals surface area contributed by atoms with Gasteiger partial charge in [-0.15, -0.1) is 11.3 Å². The molecule has 4 rings (SSSR count). The number of H-pyrrole nitrogens is 1. The summed E-state index contributed by atoms with van der Waals surface area (Å²) in [6.07, 6.45) is 6.47. The molecular formula is C14H12N2O2S2. The Morgan fingerprint density at radius 1 is 1.45 bits per heavy atom. The number of thiophene rings is 1. The number of nitrogens with zero attached hydrogens (tertiary/aromatic N) is 1. The number of aromatic nitrogens is 2. The van der Waals surface area contributed by atoms with Crippen LogP contribution in [0.4, 0.5) is 0 Å². The number of furan rings is 1. The predicted molar refractivity (Wildman–Crippen MR) is 81.1 cm³/mol. The van der Waals surface area contributed by atoms with E-state index in [1.165, 1.54) is 10.4 Å². The smallest absolute Gasteiger partial charge is 0.263 e. The zero-order valence-electron chi connectivity index (χ0n) is 10.6. The molecule has 102 valence electrons. The van der Waals surface area contributed by atoms with Gasteiger partial charge in [0.05, 0.1) is 24.5 Å². The Kier molecular flexibility index (Phi) is 2.68. The van der Waals surface area contributed by atoms with Crippen LogP contribution < -0.4 is 5.56 Å². The van der Waals surface area contributed by atoms with Crippen LogP contribution in [0.25, 0.3) is 10.2 Å². The SMILES string of the molecule is O=c1c2c3c(sc2[nH]c(=S)n1Cc1ccoc1)CCC3. The average Bonchev–Trinajstić information content (AvgIpc) is 3.09. The summed E-state index contributed by atoms with van der Waals surface area (Å²) >= 11 is 7.01. The van der Waals surface area contributed by atoms with Crippen LogP contribution >= 0.6 is 23.6 Å². The number of fused-ring (bicyclic) bond motifs is 3. The van der Waals surface area contributed by atoms with E-state index in [1.54, 1.807) is 28.4 Å². The monoisotopic (exact) mass is 304 g/mol. The number of hydrogen-bond acceptors (Lipinski definition) is 4. The van der Waals surface area contributed by atoms with Crippen LogP contribution in [0.15, 0.2) is 27.8 Å². The summed E-state index contributed by atoms with van der Waals surface area (Å²) in [7, 11) is 0. The summed E-state index contributed by atoms with van der Waals surface area (Å²) in [5.41, 5.74) is 2.18. The van der Waals surface area contributed by atoms with Crippen molar-refractivity contribution in [3.8, 4) is 0 Å². The van der Waals surface area contributed by atoms with Gasteiger partial charge in [-0.05, 0) is 43.1 Å². The lowest BCUT2D eigenvalue weighted by Crippen LogP contribution is -2.22. The van der Waals surface area contributed by atoms with Crippen molar-refractivity contribution in [2.75, 3.05) is 0 Å². The van der Waals surface area contributed by atoms with Crippen molar-refractivity contribution in [1.82, 2.24) is 9.55 Å². The van der Waals surface area contributed by atoms with E-state index >= 15 is 0 Å². The Hall–Kier alpha value is -1.66. The minimum Gasteiger partial charge on any atom is -0.472 e. The van der Waals surface area contributed by atoms with E-state index in [-0.39, 0.29) is 5.56 Å². The van der Waals surface area contributed by atoms with E-state index in [0.717, 1.165) is 35.0 Å². The van der Waals surface area contributed by atoms with Gasteiger partial charge in [0.1, 0.15) is 4.83 Å². The van der Waals surface area contributed by atoms with Crippen molar-refractivity contribution in [2.45, 2.75) is 25.8 Å². The summed E-state index contributed by atoms with van der Waals surface area (Å²) in [5.74, 6) is 0. The summed E-state index contributed by atoms with van der Waals surface area (Å²) in [5, 5.41) is 0.833. The summed E-state index contributed by atoms with van der Waals surface area (Å²) in [4.78, 5) is 18.2. The number of hydrogen-bond donors (Lipinski definition) is 1. The number of nitrogens with one attached hydrogen (secondary N) is 1. The topological polar surface area (TPSA) is 50.9 Å². The van der Waals surface area contributed by atoms with E-state index in [2.05, 4.69) is 4.98 Å². The second kappa shape index (κ2) is 4.43. The molecule has 0 aliphatic heterocycles. The summed E-state index contributed by atoms with van der Waals surface area (Å²) in [6.45, 7) is 0.450. The van der Waals surface area contributed by atoms with Crippen molar-refractivity contribution in [3.63, 3.8) is 0 Å². The van der Waals surface area contributed by atoms with E-state index in [0.29, 0.717) is 11.3 Å². The van der Waals surface area contributed by atoms with Crippen LogP contribution in [0, 0.1) is 4.77 Å². The first-order valence-corrected chi connectivity index (χ1v) is 7.75. The molecule has 0 spiro atoms. The highest BCUT2D eigenvalue weighted by Gasteiger charge is 2.21. The lowest BCUT2D eigenvalue weighted by Gasteiger charge is -2.05. The normalized spacial score (nSPS) is 14.0. The average molecular weight is 304 g/mol. The molecule has 4 nitrogen and oxygen atoms in total. The summed E-state index contributed by atoms with van der Waals surface area (Å²) < 4.78 is 7.15. The first-order chi connectivity index (χ1) is 9.74. The molecule has 3 heterocycles. The molecule has 1 N–H and O–H groups in total. The standard InChI is InChI=1S/C14H12N2O2S2/c17-13-11-9-2-1-3-10(9)20-12(11)15-14(19)16(13)6-8-4-5-18-7-8/h4-5,7H,1-3,6H2,(H,15,19). The van der Waals surface area contributed by atoms with Gasteiger partial charge in [-0.2, -0.15) is 0 Å². The molecular weight excluding hydrogens is 292 g/mol.